The fraction of sp³-hybridized carbons (Fsp3) is 0.692. The van der Waals surface area contributed by atoms with Gasteiger partial charge in [-0.2, -0.15) is 0 Å². The lowest BCUT2D eigenvalue weighted by molar-refractivity contribution is -0.138. The van der Waals surface area contributed by atoms with Crippen molar-refractivity contribution in [3.05, 3.63) is 0 Å². The van der Waals surface area contributed by atoms with Crippen molar-refractivity contribution in [2.24, 2.45) is 11.7 Å². The molecule has 0 aromatic rings. The van der Waals surface area contributed by atoms with E-state index < -0.39 is 55.0 Å². The van der Waals surface area contributed by atoms with Crippen molar-refractivity contribution in [3.63, 3.8) is 0 Å². The maximum atomic E-state index is 11.8. The summed E-state index contributed by atoms with van der Waals surface area (Å²) in [4.78, 5) is 45.5. The SMILES string of the molecule is CC(C)C(NC(=O)CNC(=O)C(N)C(C)O)C(=O)NCC(=O)O. The number of nitrogens with two attached hydrogens (primary N) is 1. The van der Waals surface area contributed by atoms with Gasteiger partial charge in [-0.1, -0.05) is 13.8 Å². The smallest absolute Gasteiger partial charge is 0.322 e. The maximum Gasteiger partial charge on any atom is 0.322 e. The monoisotopic (exact) mass is 332 g/mol. The van der Waals surface area contributed by atoms with Crippen LogP contribution in [0.15, 0.2) is 0 Å². The van der Waals surface area contributed by atoms with E-state index in [-0.39, 0.29) is 5.92 Å². The van der Waals surface area contributed by atoms with Crippen LogP contribution in [0.4, 0.5) is 0 Å². The van der Waals surface area contributed by atoms with E-state index in [1.807, 2.05) is 0 Å². The molecule has 7 N–H and O–H groups in total. The Morgan fingerprint density at radius 2 is 1.52 bits per heavy atom. The predicted molar refractivity (Wildman–Crippen MR) is 80.1 cm³/mol. The Morgan fingerprint density at radius 3 is 1.96 bits per heavy atom. The highest BCUT2D eigenvalue weighted by atomic mass is 16.4. The van der Waals surface area contributed by atoms with Gasteiger partial charge in [-0.05, 0) is 12.8 Å². The number of aliphatic carboxylic acids is 1. The molecule has 0 rings (SSSR count). The molecule has 132 valence electrons. The van der Waals surface area contributed by atoms with E-state index in [1.54, 1.807) is 13.8 Å². The number of nitrogens with one attached hydrogen (secondary N) is 3. The number of aliphatic hydroxyl groups is 1. The Balaban J connectivity index is 4.49. The molecule has 0 radical (unpaired) electrons. The fourth-order valence-electron chi connectivity index (χ4n) is 1.54. The number of carboxylic acid groups (broad SMARTS) is 1. The molecule has 3 atom stereocenters. The Morgan fingerprint density at radius 1 is 1.00 bits per heavy atom. The highest BCUT2D eigenvalue weighted by Crippen LogP contribution is 2.01. The van der Waals surface area contributed by atoms with Gasteiger partial charge >= 0.3 is 5.97 Å². The third-order valence-electron chi connectivity index (χ3n) is 2.93. The minimum atomic E-state index is -1.20. The summed E-state index contributed by atoms with van der Waals surface area (Å²) in [6.45, 7) is 3.71. The van der Waals surface area contributed by atoms with E-state index in [2.05, 4.69) is 16.0 Å². The van der Waals surface area contributed by atoms with Crippen LogP contribution >= 0.6 is 0 Å². The van der Waals surface area contributed by atoms with E-state index in [1.165, 1.54) is 6.92 Å². The largest absolute Gasteiger partial charge is 0.480 e. The van der Waals surface area contributed by atoms with Crippen LogP contribution in [0.25, 0.3) is 0 Å². The number of carbonyl (C=O) groups is 4. The van der Waals surface area contributed by atoms with Crippen molar-refractivity contribution in [1.29, 1.82) is 0 Å². The molecule has 23 heavy (non-hydrogen) atoms. The van der Waals surface area contributed by atoms with E-state index >= 15 is 0 Å². The molecule has 0 bridgehead atoms. The van der Waals surface area contributed by atoms with Gasteiger partial charge in [0.15, 0.2) is 0 Å². The minimum absolute atomic E-state index is 0.289. The van der Waals surface area contributed by atoms with Gasteiger partial charge < -0.3 is 31.9 Å². The molecule has 10 heteroatoms. The normalized spacial score (nSPS) is 14.5. The average molecular weight is 332 g/mol. The summed E-state index contributed by atoms with van der Waals surface area (Å²) in [5.41, 5.74) is 5.40. The third-order valence-corrected chi connectivity index (χ3v) is 2.93. The lowest BCUT2D eigenvalue weighted by Crippen LogP contribution is -2.54. The summed E-state index contributed by atoms with van der Waals surface area (Å²) >= 11 is 0. The van der Waals surface area contributed by atoms with Gasteiger partial charge in [0.1, 0.15) is 18.6 Å². The molecule has 0 heterocycles. The van der Waals surface area contributed by atoms with Gasteiger partial charge in [0.2, 0.25) is 17.7 Å². The molecule has 0 saturated carbocycles. The van der Waals surface area contributed by atoms with Crippen LogP contribution < -0.4 is 21.7 Å². The van der Waals surface area contributed by atoms with Crippen molar-refractivity contribution >= 4 is 23.7 Å². The van der Waals surface area contributed by atoms with Crippen molar-refractivity contribution in [2.75, 3.05) is 13.1 Å². The molecule has 0 saturated heterocycles. The lowest BCUT2D eigenvalue weighted by atomic mass is 10.0. The van der Waals surface area contributed by atoms with Gasteiger partial charge in [0.25, 0.3) is 0 Å². The van der Waals surface area contributed by atoms with Gasteiger partial charge in [-0.15, -0.1) is 0 Å². The average Bonchev–Trinajstić information content (AvgIpc) is 2.46. The van der Waals surface area contributed by atoms with Gasteiger partial charge in [0.05, 0.1) is 12.6 Å². The molecule has 0 fully saturated rings. The van der Waals surface area contributed by atoms with Crippen LogP contribution in [0.5, 0.6) is 0 Å². The van der Waals surface area contributed by atoms with Crippen LogP contribution in [0.1, 0.15) is 20.8 Å². The molecule has 0 aliphatic carbocycles. The Labute approximate surface area is 133 Å². The third kappa shape index (κ3) is 8.12. The second-order valence-electron chi connectivity index (χ2n) is 5.38. The van der Waals surface area contributed by atoms with Gasteiger partial charge in [0, 0.05) is 0 Å². The molecule has 3 amide bonds. The van der Waals surface area contributed by atoms with E-state index in [0.717, 1.165) is 0 Å². The zero-order chi connectivity index (χ0) is 18.2. The molecule has 10 nitrogen and oxygen atoms in total. The number of carboxylic acids is 1. The minimum Gasteiger partial charge on any atom is -0.480 e. The molecule has 0 aromatic heterocycles. The van der Waals surface area contributed by atoms with Gasteiger partial charge in [-0.25, -0.2) is 0 Å². The number of rotatable bonds is 9. The summed E-state index contributed by atoms with van der Waals surface area (Å²) in [5, 5.41) is 24.5. The fourth-order valence-corrected chi connectivity index (χ4v) is 1.54. The second-order valence-corrected chi connectivity index (χ2v) is 5.38. The quantitative estimate of drug-likeness (QED) is 0.264. The molecule has 0 aliphatic heterocycles. The Bertz CT molecular complexity index is 452. The van der Waals surface area contributed by atoms with Crippen LogP contribution in [0.2, 0.25) is 0 Å². The molecule has 0 aromatic carbocycles. The first kappa shape index (κ1) is 20.8. The summed E-state index contributed by atoms with van der Waals surface area (Å²) in [5.74, 6) is -3.47. The van der Waals surface area contributed by atoms with E-state index in [4.69, 9.17) is 15.9 Å². The topological polar surface area (TPSA) is 171 Å². The van der Waals surface area contributed by atoms with E-state index in [9.17, 15) is 19.2 Å². The van der Waals surface area contributed by atoms with Crippen molar-refractivity contribution < 1.29 is 29.4 Å². The second kappa shape index (κ2) is 9.74. The number of hydrogen-bond acceptors (Lipinski definition) is 6. The molecule has 0 spiro atoms. The summed E-state index contributed by atoms with van der Waals surface area (Å²) < 4.78 is 0. The highest BCUT2D eigenvalue weighted by molar-refractivity contribution is 5.92. The van der Waals surface area contributed by atoms with Crippen LogP contribution in [-0.4, -0.2) is 65.2 Å². The highest BCUT2D eigenvalue weighted by Gasteiger charge is 2.25. The number of amides is 3. The first-order chi connectivity index (χ1) is 10.6. The molecular weight excluding hydrogens is 308 g/mol. The maximum absolute atomic E-state index is 11.8. The van der Waals surface area contributed by atoms with E-state index in [0.29, 0.717) is 0 Å². The number of hydrogen-bond donors (Lipinski definition) is 6. The first-order valence-corrected chi connectivity index (χ1v) is 7.06. The summed E-state index contributed by atoms with van der Waals surface area (Å²) in [6.07, 6.45) is -1.07. The molecular formula is C13H24N4O6. The molecule has 0 aliphatic rings. The Hall–Kier alpha value is -2.20. The number of aliphatic hydroxyl groups excluding tert-OH is 1. The van der Waals surface area contributed by atoms with Crippen LogP contribution in [-0.2, 0) is 19.2 Å². The van der Waals surface area contributed by atoms with Crippen LogP contribution in [0.3, 0.4) is 0 Å². The zero-order valence-electron chi connectivity index (χ0n) is 13.3. The number of carbonyl (C=O) groups excluding carboxylic acids is 3. The molecule has 3 unspecified atom stereocenters. The van der Waals surface area contributed by atoms with Gasteiger partial charge in [-0.3, -0.25) is 19.2 Å². The summed E-state index contributed by atoms with van der Waals surface area (Å²) in [6, 6.07) is -2.10. The van der Waals surface area contributed by atoms with Crippen molar-refractivity contribution in [2.45, 2.75) is 39.0 Å². The zero-order valence-corrected chi connectivity index (χ0v) is 13.3. The summed E-state index contributed by atoms with van der Waals surface area (Å²) in [7, 11) is 0. The predicted octanol–water partition coefficient (Wildman–Crippen LogP) is -2.85. The lowest BCUT2D eigenvalue weighted by Gasteiger charge is -2.21. The van der Waals surface area contributed by atoms with Crippen molar-refractivity contribution in [3.8, 4) is 0 Å². The first-order valence-electron chi connectivity index (χ1n) is 7.06. The Kier molecular flexibility index (Phi) is 8.81. The standard InChI is InChI=1S/C13H24N4O6/c1-6(2)11(13(23)16-5-9(20)21)17-8(19)4-15-12(22)10(14)7(3)18/h6-7,10-11,18H,4-5,14H2,1-3H3,(H,15,22)(H,16,23)(H,17,19)(H,20,21). The van der Waals surface area contributed by atoms with Crippen molar-refractivity contribution in [1.82, 2.24) is 16.0 Å². The van der Waals surface area contributed by atoms with Crippen LogP contribution in [0, 0.1) is 5.92 Å².